The van der Waals surface area contributed by atoms with Crippen LogP contribution < -0.4 is 15.8 Å². The molecule has 0 aliphatic rings. The summed E-state index contributed by atoms with van der Waals surface area (Å²) >= 11 is 0. The standard InChI is InChI=1S/C18H22N2O2/c1-3-13(2)16-6-4-5-7-17(16)22-12-18(21)20-15-10-8-14(19)9-11-15/h4-11,13H,3,12,19H2,1-2H3,(H,20,21)/t13-/m0/s1. The van der Waals surface area contributed by atoms with Gasteiger partial charge in [0.1, 0.15) is 5.75 Å². The molecule has 0 aliphatic carbocycles. The minimum atomic E-state index is -0.191. The van der Waals surface area contributed by atoms with Gasteiger partial charge in [0.05, 0.1) is 0 Å². The average molecular weight is 298 g/mol. The molecule has 2 aromatic carbocycles. The molecule has 4 nitrogen and oxygen atoms in total. The number of hydrogen-bond acceptors (Lipinski definition) is 3. The van der Waals surface area contributed by atoms with Crippen LogP contribution >= 0.6 is 0 Å². The minimum Gasteiger partial charge on any atom is -0.483 e. The number of ether oxygens (including phenoxy) is 1. The molecule has 3 N–H and O–H groups in total. The van der Waals surface area contributed by atoms with Crippen LogP contribution in [-0.2, 0) is 4.79 Å². The van der Waals surface area contributed by atoms with Crippen LogP contribution in [-0.4, -0.2) is 12.5 Å². The van der Waals surface area contributed by atoms with Gasteiger partial charge in [-0.05, 0) is 48.2 Å². The van der Waals surface area contributed by atoms with E-state index in [1.54, 1.807) is 24.3 Å². The van der Waals surface area contributed by atoms with Crippen LogP contribution in [0, 0.1) is 0 Å². The van der Waals surface area contributed by atoms with Gasteiger partial charge in [-0.15, -0.1) is 0 Å². The number of amides is 1. The molecule has 0 spiro atoms. The van der Waals surface area contributed by atoms with E-state index in [-0.39, 0.29) is 12.5 Å². The molecule has 0 heterocycles. The third-order valence-electron chi connectivity index (χ3n) is 3.62. The van der Waals surface area contributed by atoms with Gasteiger partial charge in [-0.25, -0.2) is 0 Å². The average Bonchev–Trinajstić information content (AvgIpc) is 2.54. The molecule has 0 fully saturated rings. The number of hydrogen-bond donors (Lipinski definition) is 2. The van der Waals surface area contributed by atoms with Crippen LogP contribution in [0.3, 0.4) is 0 Å². The minimum absolute atomic E-state index is 0.0160. The van der Waals surface area contributed by atoms with E-state index >= 15 is 0 Å². The van der Waals surface area contributed by atoms with E-state index in [0.717, 1.165) is 17.7 Å². The maximum absolute atomic E-state index is 12.0. The van der Waals surface area contributed by atoms with Crippen molar-refractivity contribution in [3.05, 3.63) is 54.1 Å². The zero-order valence-corrected chi connectivity index (χ0v) is 13.0. The predicted octanol–water partition coefficient (Wildman–Crippen LogP) is 3.80. The quantitative estimate of drug-likeness (QED) is 0.797. The number of carbonyl (C=O) groups is 1. The van der Waals surface area contributed by atoms with Gasteiger partial charge in [-0.2, -0.15) is 0 Å². The fraction of sp³-hybridized carbons (Fsp3) is 0.278. The summed E-state index contributed by atoms with van der Waals surface area (Å²) in [6.45, 7) is 4.27. The number of carbonyl (C=O) groups excluding carboxylic acids is 1. The summed E-state index contributed by atoms with van der Waals surface area (Å²) in [6, 6.07) is 14.9. The molecule has 1 atom stereocenters. The number of anilines is 2. The smallest absolute Gasteiger partial charge is 0.262 e. The third kappa shape index (κ3) is 4.25. The van der Waals surface area contributed by atoms with Crippen molar-refractivity contribution in [2.24, 2.45) is 0 Å². The highest BCUT2D eigenvalue weighted by molar-refractivity contribution is 5.92. The van der Waals surface area contributed by atoms with Crippen LogP contribution in [0.5, 0.6) is 5.75 Å². The maximum atomic E-state index is 12.0. The second kappa shape index (κ2) is 7.50. The van der Waals surface area contributed by atoms with Gasteiger partial charge in [-0.3, -0.25) is 4.79 Å². The van der Waals surface area contributed by atoms with Crippen LogP contribution in [0.1, 0.15) is 31.7 Å². The number of nitrogen functional groups attached to an aromatic ring is 1. The maximum Gasteiger partial charge on any atom is 0.262 e. The molecule has 22 heavy (non-hydrogen) atoms. The summed E-state index contributed by atoms with van der Waals surface area (Å²) in [4.78, 5) is 12.0. The van der Waals surface area contributed by atoms with Gasteiger partial charge in [-0.1, -0.05) is 32.0 Å². The van der Waals surface area contributed by atoms with Gasteiger partial charge in [0.2, 0.25) is 0 Å². The normalized spacial score (nSPS) is 11.7. The molecule has 1 amide bonds. The molecular weight excluding hydrogens is 276 g/mol. The molecule has 0 unspecified atom stereocenters. The van der Waals surface area contributed by atoms with E-state index < -0.39 is 0 Å². The van der Waals surface area contributed by atoms with Gasteiger partial charge in [0, 0.05) is 11.4 Å². The summed E-state index contributed by atoms with van der Waals surface area (Å²) in [5.41, 5.74) is 8.11. The number of para-hydroxylation sites is 1. The van der Waals surface area contributed by atoms with Gasteiger partial charge in [0.15, 0.2) is 6.61 Å². The number of nitrogens with one attached hydrogen (secondary N) is 1. The summed E-state index contributed by atoms with van der Waals surface area (Å²) < 4.78 is 5.68. The lowest BCUT2D eigenvalue weighted by molar-refractivity contribution is -0.118. The van der Waals surface area contributed by atoms with Crippen LogP contribution in [0.15, 0.2) is 48.5 Å². The fourth-order valence-corrected chi connectivity index (χ4v) is 2.15. The van der Waals surface area contributed by atoms with Crippen molar-refractivity contribution in [1.82, 2.24) is 0 Å². The van der Waals surface area contributed by atoms with Gasteiger partial charge < -0.3 is 15.8 Å². The molecule has 0 saturated heterocycles. The Hall–Kier alpha value is -2.49. The molecule has 0 bridgehead atoms. The van der Waals surface area contributed by atoms with Crippen molar-refractivity contribution in [3.8, 4) is 5.75 Å². The highest BCUT2D eigenvalue weighted by atomic mass is 16.5. The van der Waals surface area contributed by atoms with E-state index in [1.807, 2.05) is 24.3 Å². The Bertz CT molecular complexity index is 623. The first-order valence-electron chi connectivity index (χ1n) is 7.47. The summed E-state index contributed by atoms with van der Waals surface area (Å²) in [7, 11) is 0. The van der Waals surface area contributed by atoms with E-state index in [0.29, 0.717) is 17.3 Å². The summed E-state index contributed by atoms with van der Waals surface area (Å²) in [6.07, 6.45) is 1.03. The van der Waals surface area contributed by atoms with Crippen molar-refractivity contribution in [2.45, 2.75) is 26.2 Å². The lowest BCUT2D eigenvalue weighted by Gasteiger charge is -2.15. The van der Waals surface area contributed by atoms with Crippen molar-refractivity contribution in [2.75, 3.05) is 17.7 Å². The van der Waals surface area contributed by atoms with Crippen molar-refractivity contribution in [1.29, 1.82) is 0 Å². The van der Waals surface area contributed by atoms with Crippen molar-refractivity contribution < 1.29 is 9.53 Å². The first kappa shape index (κ1) is 15.9. The largest absolute Gasteiger partial charge is 0.483 e. The fourth-order valence-electron chi connectivity index (χ4n) is 2.15. The Balaban J connectivity index is 1.95. The van der Waals surface area contributed by atoms with Crippen molar-refractivity contribution >= 4 is 17.3 Å². The van der Waals surface area contributed by atoms with E-state index in [1.165, 1.54) is 0 Å². The second-order valence-corrected chi connectivity index (χ2v) is 5.31. The first-order valence-corrected chi connectivity index (χ1v) is 7.47. The molecule has 0 radical (unpaired) electrons. The lowest BCUT2D eigenvalue weighted by atomic mass is 9.98. The predicted molar refractivity (Wildman–Crippen MR) is 90.1 cm³/mol. The topological polar surface area (TPSA) is 64.3 Å². The molecule has 2 aromatic rings. The van der Waals surface area contributed by atoms with E-state index in [4.69, 9.17) is 10.5 Å². The number of rotatable bonds is 6. The van der Waals surface area contributed by atoms with E-state index in [2.05, 4.69) is 19.2 Å². The SMILES string of the molecule is CC[C@H](C)c1ccccc1OCC(=O)Nc1ccc(N)cc1. The highest BCUT2D eigenvalue weighted by Crippen LogP contribution is 2.28. The molecular formula is C18H22N2O2. The Morgan fingerprint density at radius 1 is 1.18 bits per heavy atom. The van der Waals surface area contributed by atoms with Crippen LogP contribution in [0.4, 0.5) is 11.4 Å². The number of benzene rings is 2. The van der Waals surface area contributed by atoms with Crippen molar-refractivity contribution in [3.63, 3.8) is 0 Å². The summed E-state index contributed by atoms with van der Waals surface area (Å²) in [5, 5.41) is 2.78. The molecule has 116 valence electrons. The van der Waals surface area contributed by atoms with Gasteiger partial charge >= 0.3 is 0 Å². The Morgan fingerprint density at radius 2 is 1.86 bits per heavy atom. The Labute approximate surface area is 131 Å². The third-order valence-corrected chi connectivity index (χ3v) is 3.62. The Morgan fingerprint density at radius 3 is 2.55 bits per heavy atom. The van der Waals surface area contributed by atoms with Crippen LogP contribution in [0.25, 0.3) is 0 Å². The highest BCUT2D eigenvalue weighted by Gasteiger charge is 2.11. The second-order valence-electron chi connectivity index (χ2n) is 5.31. The zero-order valence-electron chi connectivity index (χ0n) is 13.0. The Kier molecular flexibility index (Phi) is 5.42. The molecule has 0 aromatic heterocycles. The molecule has 2 rings (SSSR count). The summed E-state index contributed by atoms with van der Waals surface area (Å²) in [5.74, 6) is 0.976. The monoisotopic (exact) mass is 298 g/mol. The van der Waals surface area contributed by atoms with Gasteiger partial charge in [0.25, 0.3) is 5.91 Å². The molecule has 0 saturated carbocycles. The molecule has 4 heteroatoms. The zero-order chi connectivity index (χ0) is 15.9. The first-order chi connectivity index (χ1) is 10.6. The van der Waals surface area contributed by atoms with Crippen LogP contribution in [0.2, 0.25) is 0 Å². The van der Waals surface area contributed by atoms with E-state index in [9.17, 15) is 4.79 Å². The molecule has 0 aliphatic heterocycles. The lowest BCUT2D eigenvalue weighted by Crippen LogP contribution is -2.20. The number of nitrogens with two attached hydrogens (primary N) is 1.